The number of nitrogens with zero attached hydrogens (tertiary/aromatic N) is 4. The largest absolute Gasteiger partial charge is 0.569 e. The molecule has 0 aliphatic carbocycles. The topological polar surface area (TPSA) is 121 Å². The fraction of sp³-hybridized carbons (Fsp3) is 0.111. The molecule has 0 bridgehead atoms. The fourth-order valence-electron chi connectivity index (χ4n) is 2.81. The summed E-state index contributed by atoms with van der Waals surface area (Å²) in [5.74, 6) is 1.97. The Balaban J connectivity index is 0.000000303. The molecule has 0 unspecified atom stereocenters. The van der Waals surface area contributed by atoms with E-state index in [0.717, 1.165) is 11.3 Å². The van der Waals surface area contributed by atoms with Gasteiger partial charge in [-0.05, 0) is 29.8 Å². The van der Waals surface area contributed by atoms with Crippen LogP contribution in [0.5, 0.6) is 17.2 Å². The molecule has 0 atom stereocenters. The van der Waals surface area contributed by atoms with Gasteiger partial charge in [0.15, 0.2) is 0 Å². The lowest BCUT2D eigenvalue weighted by molar-refractivity contribution is 0.409. The Labute approximate surface area is 243 Å². The van der Waals surface area contributed by atoms with Crippen molar-refractivity contribution in [3.05, 3.63) is 99.5 Å². The van der Waals surface area contributed by atoms with Crippen molar-refractivity contribution in [2.24, 2.45) is 0 Å². The number of benzene rings is 2. The SMILES string of the molecule is C.COc1cccc(-c2cncc(Cl)c2C#N)c1.COc1cccc(O[B]O)c1.N#Cc1c(Cl)cncc1Cl. The number of nitriles is 2. The average Bonchev–Trinajstić information content (AvgIpc) is 2.94. The molecule has 4 aromatic rings. The standard InChI is InChI=1S/C13H9ClN2O.C7H8BO3.C6H2Cl2N2.CH4/c1-17-10-4-2-3-9(5-10)12-7-16-8-13(14)11(12)6-15;1-10-6-3-2-4-7(5-6)11-8-9;7-5-2-10-3-6(8)4(5)1-9;/h2-5,7-8H,1H3;2-5,9H,1H3;2-3H;1H4. The maximum absolute atomic E-state index is 9.09. The zero-order valence-corrected chi connectivity index (χ0v) is 22.4. The summed E-state index contributed by atoms with van der Waals surface area (Å²) in [7, 11) is 3.80. The molecule has 1 N–H and O–H groups in total. The van der Waals surface area contributed by atoms with Gasteiger partial charge in [-0.1, -0.05) is 60.4 Å². The second kappa shape index (κ2) is 17.5. The molecule has 12 heteroatoms. The molecule has 2 aromatic heterocycles. The first-order valence-electron chi connectivity index (χ1n) is 10.5. The summed E-state index contributed by atoms with van der Waals surface area (Å²) in [6.45, 7) is 0. The minimum absolute atomic E-state index is 0. The van der Waals surface area contributed by atoms with Crippen LogP contribution in [0.3, 0.4) is 0 Å². The van der Waals surface area contributed by atoms with Crippen molar-refractivity contribution in [2.75, 3.05) is 14.2 Å². The molecule has 39 heavy (non-hydrogen) atoms. The van der Waals surface area contributed by atoms with Crippen molar-refractivity contribution in [3.63, 3.8) is 0 Å². The van der Waals surface area contributed by atoms with E-state index in [4.69, 9.17) is 64.5 Å². The summed E-state index contributed by atoms with van der Waals surface area (Å²) in [5.41, 5.74) is 2.27. The minimum atomic E-state index is 0. The number of methoxy groups -OCH3 is 2. The summed E-state index contributed by atoms with van der Waals surface area (Å²) in [5, 5.41) is 26.8. The third-order valence-corrected chi connectivity index (χ3v) is 5.45. The first kappa shape index (κ1) is 33.0. The van der Waals surface area contributed by atoms with E-state index in [0.29, 0.717) is 35.3 Å². The predicted octanol–water partition coefficient (Wildman–Crippen LogP) is 6.78. The van der Waals surface area contributed by atoms with E-state index in [1.165, 1.54) is 18.6 Å². The number of rotatable bonds is 5. The molecule has 0 fully saturated rings. The zero-order valence-electron chi connectivity index (χ0n) is 20.1. The highest BCUT2D eigenvalue weighted by molar-refractivity contribution is 6.36. The Morgan fingerprint density at radius 3 is 1.74 bits per heavy atom. The van der Waals surface area contributed by atoms with Crippen LogP contribution in [-0.4, -0.2) is 36.9 Å². The van der Waals surface area contributed by atoms with Crippen LogP contribution in [0.2, 0.25) is 15.1 Å². The van der Waals surface area contributed by atoms with E-state index in [1.807, 2.05) is 30.3 Å². The Kier molecular flexibility index (Phi) is 14.8. The first-order valence-corrected chi connectivity index (χ1v) is 11.7. The van der Waals surface area contributed by atoms with E-state index in [-0.39, 0.29) is 23.0 Å². The van der Waals surface area contributed by atoms with Crippen LogP contribution in [0.15, 0.2) is 73.3 Å². The quantitative estimate of drug-likeness (QED) is 0.255. The molecule has 0 amide bonds. The van der Waals surface area contributed by atoms with E-state index in [2.05, 4.69) is 16.0 Å². The maximum atomic E-state index is 9.09. The van der Waals surface area contributed by atoms with E-state index < -0.39 is 0 Å². The van der Waals surface area contributed by atoms with Crippen molar-refractivity contribution in [1.29, 1.82) is 10.5 Å². The maximum Gasteiger partial charge on any atom is 0.569 e. The number of aromatic nitrogens is 2. The van der Waals surface area contributed by atoms with Crippen LogP contribution in [0.25, 0.3) is 11.1 Å². The molecule has 8 nitrogen and oxygen atoms in total. The van der Waals surface area contributed by atoms with Gasteiger partial charge in [-0.15, -0.1) is 0 Å². The Morgan fingerprint density at radius 2 is 1.23 bits per heavy atom. The second-order valence-electron chi connectivity index (χ2n) is 6.88. The van der Waals surface area contributed by atoms with Gasteiger partial charge in [-0.3, -0.25) is 9.97 Å². The van der Waals surface area contributed by atoms with Gasteiger partial charge in [-0.2, -0.15) is 10.5 Å². The number of hydrogen-bond acceptors (Lipinski definition) is 8. The molecule has 0 saturated carbocycles. The molecule has 2 aromatic carbocycles. The van der Waals surface area contributed by atoms with Crippen LogP contribution in [0.1, 0.15) is 18.6 Å². The number of pyridine rings is 2. The number of hydrogen-bond donors (Lipinski definition) is 1. The lowest BCUT2D eigenvalue weighted by Gasteiger charge is -2.06. The van der Waals surface area contributed by atoms with Crippen molar-refractivity contribution in [1.82, 2.24) is 9.97 Å². The molecular formula is C27H23BCl3N4O4. The van der Waals surface area contributed by atoms with Crippen LogP contribution >= 0.6 is 34.8 Å². The van der Waals surface area contributed by atoms with Crippen molar-refractivity contribution in [2.45, 2.75) is 7.43 Å². The molecular weight excluding hydrogens is 561 g/mol. The highest BCUT2D eigenvalue weighted by Crippen LogP contribution is 2.29. The second-order valence-corrected chi connectivity index (χ2v) is 8.10. The van der Waals surface area contributed by atoms with Crippen LogP contribution in [0, 0.1) is 22.7 Å². The smallest absolute Gasteiger partial charge is 0.537 e. The number of ether oxygens (including phenoxy) is 2. The first-order chi connectivity index (χ1) is 18.4. The van der Waals surface area contributed by atoms with Gasteiger partial charge in [-0.25, -0.2) is 0 Å². The van der Waals surface area contributed by atoms with E-state index >= 15 is 0 Å². The Hall–Kier alpha value is -3.99. The zero-order chi connectivity index (χ0) is 27.9. The highest BCUT2D eigenvalue weighted by atomic mass is 35.5. The Morgan fingerprint density at radius 1 is 0.744 bits per heavy atom. The number of halogens is 3. The highest BCUT2D eigenvalue weighted by Gasteiger charge is 2.09. The van der Waals surface area contributed by atoms with Crippen molar-refractivity contribution < 1.29 is 19.2 Å². The fourth-order valence-corrected chi connectivity index (χ4v) is 3.46. The molecule has 0 aliphatic heterocycles. The van der Waals surface area contributed by atoms with Gasteiger partial charge >= 0.3 is 7.69 Å². The summed E-state index contributed by atoms with van der Waals surface area (Å²) >= 11 is 17.1. The van der Waals surface area contributed by atoms with Crippen molar-refractivity contribution >= 4 is 42.5 Å². The molecule has 0 aliphatic rings. The summed E-state index contributed by atoms with van der Waals surface area (Å²) in [6, 6.07) is 18.3. The van der Waals surface area contributed by atoms with Gasteiger partial charge in [0.25, 0.3) is 0 Å². The normalized spacial score (nSPS) is 9.03. The van der Waals surface area contributed by atoms with Gasteiger partial charge in [0.2, 0.25) is 0 Å². The van der Waals surface area contributed by atoms with Gasteiger partial charge < -0.3 is 19.2 Å². The minimum Gasteiger partial charge on any atom is -0.537 e. The van der Waals surface area contributed by atoms with Crippen molar-refractivity contribution in [3.8, 4) is 40.5 Å². The molecule has 2 heterocycles. The average molecular weight is 585 g/mol. The van der Waals surface area contributed by atoms with E-state index in [9.17, 15) is 0 Å². The van der Waals surface area contributed by atoms with Crippen LogP contribution in [0.4, 0.5) is 0 Å². The van der Waals surface area contributed by atoms with E-state index in [1.54, 1.807) is 44.7 Å². The van der Waals surface area contributed by atoms with Crippen LogP contribution < -0.4 is 14.1 Å². The molecule has 1 radical (unpaired) electrons. The van der Waals surface area contributed by atoms with Gasteiger partial charge in [0.1, 0.15) is 29.4 Å². The molecule has 199 valence electrons. The third-order valence-electron chi connectivity index (χ3n) is 4.59. The third kappa shape index (κ3) is 10.0. The monoisotopic (exact) mass is 583 g/mol. The lowest BCUT2D eigenvalue weighted by atomic mass is 10.0. The molecule has 0 spiro atoms. The Bertz CT molecular complexity index is 1430. The summed E-state index contributed by atoms with van der Waals surface area (Å²) in [6.07, 6.45) is 5.85. The molecule has 4 rings (SSSR count). The van der Waals surface area contributed by atoms with Gasteiger partial charge in [0, 0.05) is 36.4 Å². The molecule has 0 saturated heterocycles. The summed E-state index contributed by atoms with van der Waals surface area (Å²) < 4.78 is 14.8. The van der Waals surface area contributed by atoms with Crippen LogP contribution in [-0.2, 0) is 0 Å². The predicted molar refractivity (Wildman–Crippen MR) is 153 cm³/mol. The van der Waals surface area contributed by atoms with Gasteiger partial charge in [0.05, 0.1) is 40.4 Å². The summed E-state index contributed by atoms with van der Waals surface area (Å²) in [4.78, 5) is 7.68. The lowest BCUT2D eigenvalue weighted by Crippen LogP contribution is -1.99.